The zero-order chi connectivity index (χ0) is 28.9. The molecule has 0 radical (unpaired) electrons. The SMILES string of the molecule is C=CC.N=C(/C=C1\NC(c2ccccc2)=Cc2ccc(-c3ccccc3)cc21)c1c2ccccc2cc2ccccc12. The minimum Gasteiger partial charge on any atom is -0.354 e. The van der Waals surface area contributed by atoms with Gasteiger partial charge in [-0.2, -0.15) is 0 Å². The van der Waals surface area contributed by atoms with Crippen molar-refractivity contribution in [1.82, 2.24) is 5.32 Å². The summed E-state index contributed by atoms with van der Waals surface area (Å²) in [7, 11) is 0. The summed E-state index contributed by atoms with van der Waals surface area (Å²) >= 11 is 0. The van der Waals surface area contributed by atoms with E-state index in [1.54, 1.807) is 6.08 Å². The van der Waals surface area contributed by atoms with E-state index in [0.29, 0.717) is 5.71 Å². The normalized spacial score (nSPS) is 13.0. The average molecular weight is 541 g/mol. The highest BCUT2D eigenvalue weighted by Crippen LogP contribution is 2.35. The van der Waals surface area contributed by atoms with Gasteiger partial charge in [-0.25, -0.2) is 0 Å². The maximum absolute atomic E-state index is 9.42. The van der Waals surface area contributed by atoms with Crippen LogP contribution in [0, 0.1) is 5.41 Å². The molecule has 0 unspecified atom stereocenters. The van der Waals surface area contributed by atoms with Crippen molar-refractivity contribution in [3.63, 3.8) is 0 Å². The minimum absolute atomic E-state index is 0.482. The van der Waals surface area contributed by atoms with Gasteiger partial charge in [0.2, 0.25) is 0 Å². The lowest BCUT2D eigenvalue weighted by molar-refractivity contribution is 1.22. The van der Waals surface area contributed by atoms with E-state index in [4.69, 9.17) is 0 Å². The first-order chi connectivity index (χ1) is 20.7. The van der Waals surface area contributed by atoms with Crippen LogP contribution in [-0.2, 0) is 0 Å². The minimum atomic E-state index is 0.482. The Morgan fingerprint density at radius 1 is 0.643 bits per heavy atom. The molecule has 0 aliphatic carbocycles. The molecule has 0 saturated carbocycles. The van der Waals surface area contributed by atoms with E-state index in [1.807, 2.05) is 25.1 Å². The lowest BCUT2D eigenvalue weighted by Gasteiger charge is -2.24. The second-order valence-electron chi connectivity index (χ2n) is 10.3. The third-order valence-electron chi connectivity index (χ3n) is 7.43. The number of fused-ring (bicyclic) bond motifs is 3. The fraction of sp³-hybridized carbons (Fsp3) is 0.0250. The maximum Gasteiger partial charge on any atom is 0.0645 e. The summed E-state index contributed by atoms with van der Waals surface area (Å²) in [5, 5.41) is 17.6. The van der Waals surface area contributed by atoms with Crippen LogP contribution in [0.1, 0.15) is 29.2 Å². The molecule has 202 valence electrons. The highest BCUT2D eigenvalue weighted by Gasteiger charge is 2.19. The molecule has 0 atom stereocenters. The molecule has 0 saturated heterocycles. The third kappa shape index (κ3) is 5.31. The van der Waals surface area contributed by atoms with Crippen molar-refractivity contribution in [3.8, 4) is 11.1 Å². The number of benzene rings is 6. The van der Waals surface area contributed by atoms with Crippen molar-refractivity contribution in [3.05, 3.63) is 174 Å². The Morgan fingerprint density at radius 2 is 1.19 bits per heavy atom. The van der Waals surface area contributed by atoms with Crippen LogP contribution in [0.2, 0.25) is 0 Å². The van der Waals surface area contributed by atoms with E-state index < -0.39 is 0 Å². The van der Waals surface area contributed by atoms with Crippen molar-refractivity contribution in [1.29, 1.82) is 5.41 Å². The van der Waals surface area contributed by atoms with Crippen molar-refractivity contribution in [2.75, 3.05) is 0 Å². The zero-order valence-electron chi connectivity index (χ0n) is 23.6. The number of nitrogens with one attached hydrogen (secondary N) is 2. The van der Waals surface area contributed by atoms with Gasteiger partial charge < -0.3 is 10.7 Å². The van der Waals surface area contributed by atoms with Crippen LogP contribution in [0.4, 0.5) is 0 Å². The summed E-state index contributed by atoms with van der Waals surface area (Å²) in [6.07, 6.45) is 5.95. The second kappa shape index (κ2) is 12.0. The molecular weight excluding hydrogens is 508 g/mol. The van der Waals surface area contributed by atoms with Crippen molar-refractivity contribution in [2.45, 2.75) is 6.92 Å². The number of hydrogen-bond donors (Lipinski definition) is 2. The molecule has 6 aromatic rings. The molecule has 0 amide bonds. The molecule has 1 aliphatic rings. The van der Waals surface area contributed by atoms with Gasteiger partial charge in [0.15, 0.2) is 0 Å². The second-order valence-corrected chi connectivity index (χ2v) is 10.3. The molecular formula is C40H32N2. The Hall–Kier alpha value is -5.47. The highest BCUT2D eigenvalue weighted by atomic mass is 14.9. The van der Waals surface area contributed by atoms with E-state index in [0.717, 1.165) is 60.8 Å². The molecule has 0 bridgehead atoms. The Labute approximate surface area is 247 Å². The van der Waals surface area contributed by atoms with E-state index >= 15 is 0 Å². The molecule has 2 nitrogen and oxygen atoms in total. The molecule has 2 N–H and O–H groups in total. The molecule has 42 heavy (non-hydrogen) atoms. The lowest BCUT2D eigenvalue weighted by Crippen LogP contribution is -2.17. The summed E-state index contributed by atoms with van der Waals surface area (Å²) in [5.74, 6) is 0. The topological polar surface area (TPSA) is 35.9 Å². The standard InChI is InChI=1S/C37H26N2.C3H6/c38-34(37-31-17-9-7-15-28(31)21-29-16-8-10-18-32(29)37)24-36-33-22-27(25-11-3-1-4-12-25)19-20-30(33)23-35(39-36)26-13-5-2-6-14-26;1-3-2/h1-24,38-39H;3H,1H2,2H3/b36-24-,38-34?;. The molecule has 0 fully saturated rings. The van der Waals surface area contributed by atoms with E-state index in [1.165, 1.54) is 5.56 Å². The van der Waals surface area contributed by atoms with E-state index in [9.17, 15) is 5.41 Å². The van der Waals surface area contributed by atoms with Gasteiger partial charge in [0.1, 0.15) is 0 Å². The van der Waals surface area contributed by atoms with Crippen molar-refractivity contribution in [2.24, 2.45) is 0 Å². The summed E-state index contributed by atoms with van der Waals surface area (Å²) in [5.41, 5.74) is 9.05. The van der Waals surface area contributed by atoms with Gasteiger partial charge in [-0.05, 0) is 75.0 Å². The van der Waals surface area contributed by atoms with Gasteiger partial charge in [-0.3, -0.25) is 0 Å². The van der Waals surface area contributed by atoms with Gasteiger partial charge in [0.25, 0.3) is 0 Å². The molecule has 0 spiro atoms. The van der Waals surface area contributed by atoms with Crippen LogP contribution < -0.4 is 5.32 Å². The van der Waals surface area contributed by atoms with Crippen LogP contribution in [0.15, 0.2) is 152 Å². The molecule has 2 heteroatoms. The van der Waals surface area contributed by atoms with Crippen LogP contribution in [-0.4, -0.2) is 5.71 Å². The van der Waals surface area contributed by atoms with Crippen LogP contribution in [0.25, 0.3) is 50.1 Å². The fourth-order valence-corrected chi connectivity index (χ4v) is 5.54. The zero-order valence-corrected chi connectivity index (χ0v) is 23.6. The largest absolute Gasteiger partial charge is 0.354 e. The van der Waals surface area contributed by atoms with E-state index in [-0.39, 0.29) is 0 Å². The quantitative estimate of drug-likeness (QED) is 0.130. The number of hydrogen-bond acceptors (Lipinski definition) is 2. The summed E-state index contributed by atoms with van der Waals surface area (Å²) < 4.78 is 0. The molecule has 1 aliphatic heterocycles. The summed E-state index contributed by atoms with van der Waals surface area (Å²) in [6.45, 7) is 5.25. The molecule has 6 aromatic carbocycles. The van der Waals surface area contributed by atoms with Gasteiger partial charge in [-0.1, -0.05) is 127 Å². The van der Waals surface area contributed by atoms with Crippen molar-refractivity contribution >= 4 is 44.7 Å². The van der Waals surface area contributed by atoms with Gasteiger partial charge in [0, 0.05) is 22.5 Å². The summed E-state index contributed by atoms with van der Waals surface area (Å²) in [6, 6.07) is 46.4. The van der Waals surface area contributed by atoms with E-state index in [2.05, 4.69) is 139 Å². The van der Waals surface area contributed by atoms with Crippen LogP contribution in [0.5, 0.6) is 0 Å². The molecule has 0 aromatic heterocycles. The van der Waals surface area contributed by atoms with Crippen molar-refractivity contribution < 1.29 is 0 Å². The first kappa shape index (κ1) is 26.7. The Morgan fingerprint density at radius 3 is 1.81 bits per heavy atom. The fourth-order valence-electron chi connectivity index (χ4n) is 5.54. The molecule has 7 rings (SSSR count). The summed E-state index contributed by atoms with van der Waals surface area (Å²) in [4.78, 5) is 0. The monoisotopic (exact) mass is 540 g/mol. The first-order valence-corrected chi connectivity index (χ1v) is 14.2. The van der Waals surface area contributed by atoms with Gasteiger partial charge >= 0.3 is 0 Å². The third-order valence-corrected chi connectivity index (χ3v) is 7.43. The first-order valence-electron chi connectivity index (χ1n) is 14.2. The Balaban J connectivity index is 0.00000101. The Bertz CT molecular complexity index is 1930. The number of allylic oxidation sites excluding steroid dienone is 2. The lowest BCUT2D eigenvalue weighted by atomic mass is 9.90. The van der Waals surface area contributed by atoms with Crippen LogP contribution in [0.3, 0.4) is 0 Å². The Kier molecular flexibility index (Phi) is 7.61. The maximum atomic E-state index is 9.42. The smallest absolute Gasteiger partial charge is 0.0645 e. The number of rotatable bonds is 4. The highest BCUT2D eigenvalue weighted by molar-refractivity contribution is 6.25. The van der Waals surface area contributed by atoms with Gasteiger partial charge in [-0.15, -0.1) is 6.58 Å². The average Bonchev–Trinajstić information content (AvgIpc) is 3.04. The van der Waals surface area contributed by atoms with Gasteiger partial charge in [0.05, 0.1) is 5.71 Å². The molecule has 1 heterocycles. The predicted molar refractivity (Wildman–Crippen MR) is 181 cm³/mol. The van der Waals surface area contributed by atoms with Crippen LogP contribution >= 0.6 is 0 Å². The predicted octanol–water partition coefficient (Wildman–Crippen LogP) is 10.4.